The third kappa shape index (κ3) is 5.02. The van der Waals surface area contributed by atoms with Gasteiger partial charge in [-0.3, -0.25) is 4.79 Å². The molecule has 8 nitrogen and oxygen atoms in total. The molecule has 1 aliphatic heterocycles. The van der Waals surface area contributed by atoms with Gasteiger partial charge in [0.2, 0.25) is 18.0 Å². The van der Waals surface area contributed by atoms with Crippen LogP contribution in [0.5, 0.6) is 17.2 Å². The highest BCUT2D eigenvalue weighted by Gasteiger charge is 2.22. The van der Waals surface area contributed by atoms with Crippen LogP contribution in [-0.2, 0) is 6.61 Å². The smallest absolute Gasteiger partial charge is 0.323 e. The Kier molecular flexibility index (Phi) is 6.49. The largest absolute Gasteiger partial charge is 0.481 e. The minimum Gasteiger partial charge on any atom is -0.481 e. The van der Waals surface area contributed by atoms with Gasteiger partial charge in [-0.25, -0.2) is 13.6 Å². The molecule has 10 heteroatoms. The maximum Gasteiger partial charge on any atom is 0.323 e. The van der Waals surface area contributed by atoms with Gasteiger partial charge in [-0.15, -0.1) is 0 Å². The van der Waals surface area contributed by atoms with E-state index in [1.54, 1.807) is 18.2 Å². The number of benzene rings is 4. The number of rotatable bonds is 6. The molecule has 1 aliphatic rings. The molecule has 2 N–H and O–H groups in total. The maximum absolute atomic E-state index is 13.9. The first-order valence-electron chi connectivity index (χ1n) is 12.2. The molecule has 1 aromatic heterocycles. The Morgan fingerprint density at radius 1 is 0.875 bits per heavy atom. The second kappa shape index (κ2) is 10.4. The molecule has 0 bridgehead atoms. The minimum absolute atomic E-state index is 0.0143. The molecule has 0 saturated carbocycles. The third-order valence-electron chi connectivity index (χ3n) is 6.15. The summed E-state index contributed by atoms with van der Waals surface area (Å²) in [4.78, 5) is 26.1. The lowest BCUT2D eigenvalue weighted by molar-refractivity contribution is 0.174. The summed E-state index contributed by atoms with van der Waals surface area (Å²) in [5.74, 6) is -0.445. The maximum atomic E-state index is 13.9. The Morgan fingerprint density at radius 2 is 1.70 bits per heavy atom. The van der Waals surface area contributed by atoms with E-state index in [1.807, 2.05) is 30.3 Å². The van der Waals surface area contributed by atoms with Crippen LogP contribution in [0.25, 0.3) is 22.3 Å². The fraction of sp³-hybridized carbons (Fsp3) is 0.0667. The molecule has 5 aromatic rings. The van der Waals surface area contributed by atoms with Crippen LogP contribution in [0.3, 0.4) is 0 Å². The van der Waals surface area contributed by atoms with Crippen molar-refractivity contribution in [3.63, 3.8) is 0 Å². The number of hydrogen-bond acceptors (Lipinski definition) is 6. The van der Waals surface area contributed by atoms with Crippen LogP contribution in [0, 0.1) is 11.6 Å². The Hall–Kier alpha value is -5.38. The van der Waals surface area contributed by atoms with Crippen molar-refractivity contribution in [1.29, 1.82) is 0 Å². The second-order valence-electron chi connectivity index (χ2n) is 8.85. The summed E-state index contributed by atoms with van der Waals surface area (Å²) >= 11 is 0. The molecule has 0 unspecified atom stereocenters. The topological polar surface area (TPSA) is 99.0 Å². The number of nitrogens with one attached hydrogen (secondary N) is 2. The van der Waals surface area contributed by atoms with Crippen LogP contribution >= 0.6 is 0 Å². The molecule has 200 valence electrons. The monoisotopic (exact) mass is 542 g/mol. The predicted molar refractivity (Wildman–Crippen MR) is 144 cm³/mol. The van der Waals surface area contributed by atoms with Crippen LogP contribution in [0.4, 0.5) is 25.0 Å². The van der Waals surface area contributed by atoms with Gasteiger partial charge in [-0.2, -0.15) is 0 Å². The number of anilines is 2. The number of hydrogen-bond donors (Lipinski definition) is 2. The summed E-state index contributed by atoms with van der Waals surface area (Å²) in [6.45, 7) is 0.213. The van der Waals surface area contributed by atoms with Crippen LogP contribution in [0.1, 0.15) is 5.56 Å². The highest BCUT2D eigenvalue weighted by Crippen LogP contribution is 2.39. The second-order valence-corrected chi connectivity index (χ2v) is 8.85. The first-order chi connectivity index (χ1) is 19.4. The van der Waals surface area contributed by atoms with Crippen molar-refractivity contribution in [2.24, 2.45) is 0 Å². The molecule has 2 amide bonds. The van der Waals surface area contributed by atoms with Gasteiger partial charge in [0.05, 0.1) is 11.1 Å². The molecular formula is C30H20F2N2O6. The quantitative estimate of drug-likeness (QED) is 0.248. The number of urea groups is 1. The average molecular weight is 542 g/mol. The number of fused-ring (bicyclic) bond motifs is 2. The molecule has 0 spiro atoms. The molecule has 40 heavy (non-hydrogen) atoms. The molecule has 0 atom stereocenters. The predicted octanol–water partition coefficient (Wildman–Crippen LogP) is 6.69. The highest BCUT2D eigenvalue weighted by molar-refractivity contribution is 6.01. The van der Waals surface area contributed by atoms with E-state index in [4.69, 9.17) is 18.6 Å². The molecule has 0 aliphatic carbocycles. The molecule has 0 fully saturated rings. The number of amides is 2. The van der Waals surface area contributed by atoms with Gasteiger partial charge >= 0.3 is 6.03 Å². The van der Waals surface area contributed by atoms with Crippen molar-refractivity contribution in [3.8, 4) is 28.6 Å². The summed E-state index contributed by atoms with van der Waals surface area (Å²) in [5.41, 5.74) is 1.22. The standard InChI is InChI=1S/C30H20F2N2O6/c31-19-7-10-23(22(32)13-19)34-30(36)33-20-8-9-21-25(14-20)40-28(18-6-11-24-26(12-18)39-16-38-24)29(27(21)35)37-15-17-4-2-1-3-5-17/h1-14H,15-16H2,(H2,33,34,36). The summed E-state index contributed by atoms with van der Waals surface area (Å²) in [6.07, 6.45) is 0. The van der Waals surface area contributed by atoms with Gasteiger partial charge < -0.3 is 29.3 Å². The Labute approximate surface area is 225 Å². The van der Waals surface area contributed by atoms with E-state index in [2.05, 4.69) is 10.6 Å². The van der Waals surface area contributed by atoms with Gasteiger partial charge in [0, 0.05) is 23.4 Å². The molecule has 0 saturated heterocycles. The van der Waals surface area contributed by atoms with E-state index in [0.717, 1.165) is 17.7 Å². The normalized spacial score (nSPS) is 11.8. The fourth-order valence-electron chi connectivity index (χ4n) is 4.22. The summed E-state index contributed by atoms with van der Waals surface area (Å²) < 4.78 is 50.2. The molecule has 4 aromatic carbocycles. The molecule has 2 heterocycles. The first-order valence-corrected chi connectivity index (χ1v) is 12.2. The van der Waals surface area contributed by atoms with Crippen LogP contribution in [0.15, 0.2) is 94.1 Å². The van der Waals surface area contributed by atoms with Crippen molar-refractivity contribution >= 4 is 28.4 Å². The van der Waals surface area contributed by atoms with E-state index in [9.17, 15) is 18.4 Å². The van der Waals surface area contributed by atoms with Gasteiger partial charge in [-0.05, 0) is 48.0 Å². The van der Waals surface area contributed by atoms with Crippen molar-refractivity contribution in [1.82, 2.24) is 0 Å². The zero-order valence-electron chi connectivity index (χ0n) is 20.7. The Bertz CT molecular complexity index is 1810. The van der Waals surface area contributed by atoms with Crippen molar-refractivity contribution < 1.29 is 32.2 Å². The van der Waals surface area contributed by atoms with Crippen LogP contribution in [-0.4, -0.2) is 12.8 Å². The minimum atomic E-state index is -0.920. The molecule has 0 radical (unpaired) electrons. The molecule has 6 rings (SSSR count). The van der Waals surface area contributed by atoms with Gasteiger partial charge in [0.25, 0.3) is 0 Å². The molecular weight excluding hydrogens is 522 g/mol. The first kappa shape index (κ1) is 24.9. The van der Waals surface area contributed by atoms with E-state index >= 15 is 0 Å². The lowest BCUT2D eigenvalue weighted by atomic mass is 10.1. The van der Waals surface area contributed by atoms with Gasteiger partial charge in [0.1, 0.15) is 23.8 Å². The van der Waals surface area contributed by atoms with E-state index in [1.165, 1.54) is 18.2 Å². The average Bonchev–Trinajstić information content (AvgIpc) is 3.42. The van der Waals surface area contributed by atoms with E-state index < -0.39 is 23.1 Å². The third-order valence-corrected chi connectivity index (χ3v) is 6.15. The summed E-state index contributed by atoms with van der Waals surface area (Å²) in [7, 11) is 0. The number of ether oxygens (including phenoxy) is 3. The van der Waals surface area contributed by atoms with E-state index in [-0.39, 0.29) is 47.3 Å². The van der Waals surface area contributed by atoms with Gasteiger partial charge in [-0.1, -0.05) is 30.3 Å². The lowest BCUT2D eigenvalue weighted by Gasteiger charge is -2.13. The fourth-order valence-corrected chi connectivity index (χ4v) is 4.22. The van der Waals surface area contributed by atoms with Gasteiger partial charge in [0.15, 0.2) is 17.3 Å². The zero-order chi connectivity index (χ0) is 27.6. The number of halogens is 2. The van der Waals surface area contributed by atoms with Crippen molar-refractivity contribution in [2.45, 2.75) is 6.61 Å². The zero-order valence-corrected chi connectivity index (χ0v) is 20.7. The van der Waals surface area contributed by atoms with Crippen LogP contribution < -0.4 is 30.3 Å². The summed E-state index contributed by atoms with van der Waals surface area (Å²) in [6, 6.07) is 21.0. The van der Waals surface area contributed by atoms with Crippen molar-refractivity contribution in [3.05, 3.63) is 112 Å². The highest BCUT2D eigenvalue weighted by atomic mass is 19.1. The van der Waals surface area contributed by atoms with Crippen LogP contribution in [0.2, 0.25) is 0 Å². The number of carbonyl (C=O) groups is 1. The Morgan fingerprint density at radius 3 is 2.52 bits per heavy atom. The lowest BCUT2D eigenvalue weighted by Crippen LogP contribution is -2.20. The number of carbonyl (C=O) groups excluding carboxylic acids is 1. The summed E-state index contributed by atoms with van der Waals surface area (Å²) in [5, 5.41) is 5.10. The van der Waals surface area contributed by atoms with Crippen molar-refractivity contribution in [2.75, 3.05) is 17.4 Å². The SMILES string of the molecule is O=C(Nc1ccc2c(=O)c(OCc3ccccc3)c(-c3ccc4c(c3)OCO4)oc2c1)Nc1ccc(F)cc1F. The van der Waals surface area contributed by atoms with E-state index in [0.29, 0.717) is 23.1 Å². The Balaban J connectivity index is 1.35.